The van der Waals surface area contributed by atoms with Crippen molar-refractivity contribution < 1.29 is 14.3 Å². The van der Waals surface area contributed by atoms with E-state index < -0.39 is 11.9 Å². The second-order valence-corrected chi connectivity index (χ2v) is 5.29. The van der Waals surface area contributed by atoms with Crippen LogP contribution >= 0.6 is 0 Å². The molecule has 0 radical (unpaired) electrons. The molecule has 0 unspecified atom stereocenters. The normalized spacial score (nSPS) is 11.7. The summed E-state index contributed by atoms with van der Waals surface area (Å²) in [6.07, 6.45) is 5.33. The molecule has 1 aromatic heterocycles. The number of methoxy groups -OCH3 is 1. The quantitative estimate of drug-likeness (QED) is 0.355. The van der Waals surface area contributed by atoms with Crippen molar-refractivity contribution in [2.45, 2.75) is 27.7 Å². The van der Waals surface area contributed by atoms with Crippen LogP contribution in [0.15, 0.2) is 47.7 Å². The van der Waals surface area contributed by atoms with E-state index in [1.165, 1.54) is 19.3 Å². The van der Waals surface area contributed by atoms with E-state index in [4.69, 9.17) is 4.74 Å². The third-order valence-corrected chi connectivity index (χ3v) is 3.56. The molecule has 0 saturated carbocycles. The molecule has 1 aromatic carbocycles. The fourth-order valence-electron chi connectivity index (χ4n) is 2.12. The van der Waals surface area contributed by atoms with Gasteiger partial charge in [-0.15, -0.1) is 0 Å². The van der Waals surface area contributed by atoms with Crippen LogP contribution in [0, 0.1) is 0 Å². The molecular weight excluding hydrogens is 332 g/mol. The Morgan fingerprint density at radius 3 is 2.77 bits per heavy atom. The topological polar surface area (TPSA) is 96.4 Å². The molecule has 26 heavy (non-hydrogen) atoms. The van der Waals surface area contributed by atoms with Gasteiger partial charge in [-0.25, -0.2) is 4.79 Å². The zero-order valence-electron chi connectivity index (χ0n) is 14.4. The van der Waals surface area contributed by atoms with Crippen LogP contribution in [0.2, 0.25) is 0 Å². The minimum absolute atomic E-state index is 0. The molecule has 2 N–H and O–H groups in total. The lowest BCUT2D eigenvalue weighted by atomic mass is 10.1. The monoisotopic (exact) mass is 356 g/mol. The smallest absolute Gasteiger partial charge is 0.340 e. The van der Waals surface area contributed by atoms with E-state index in [0.717, 1.165) is 17.5 Å². The SMILES string of the molecule is C.C=C/C=C(\N=C(C)CC)C(=O)Nc1cc2cn[nH]c2cc1C(=O)OC. The summed E-state index contributed by atoms with van der Waals surface area (Å²) < 4.78 is 4.79. The van der Waals surface area contributed by atoms with Crippen molar-refractivity contribution >= 4 is 34.2 Å². The molecule has 0 spiro atoms. The highest BCUT2D eigenvalue weighted by molar-refractivity contribution is 6.10. The number of amides is 1. The molecule has 2 rings (SSSR count). The van der Waals surface area contributed by atoms with Gasteiger partial charge in [0.1, 0.15) is 5.70 Å². The summed E-state index contributed by atoms with van der Waals surface area (Å²) in [7, 11) is 1.28. The number of aliphatic imine (C=N–C) groups is 1. The van der Waals surface area contributed by atoms with Gasteiger partial charge in [0.25, 0.3) is 5.91 Å². The Labute approximate surface area is 152 Å². The largest absolute Gasteiger partial charge is 0.465 e. The van der Waals surface area contributed by atoms with Gasteiger partial charge >= 0.3 is 5.97 Å². The number of nitrogens with one attached hydrogen (secondary N) is 2. The Hall–Kier alpha value is -3.22. The number of hydrogen-bond donors (Lipinski definition) is 2. The lowest BCUT2D eigenvalue weighted by Gasteiger charge is -2.11. The number of fused-ring (bicyclic) bond motifs is 1. The molecule has 0 bridgehead atoms. The molecule has 7 heteroatoms. The molecule has 1 heterocycles. The van der Waals surface area contributed by atoms with Gasteiger partial charge in [0.2, 0.25) is 0 Å². The number of allylic oxidation sites excluding steroid dienone is 2. The first-order chi connectivity index (χ1) is 12.0. The Bertz CT molecular complexity index is 878. The number of carbonyl (C=O) groups is 2. The Balaban J connectivity index is 0.00000338. The number of nitrogens with zero attached hydrogens (tertiary/aromatic N) is 2. The van der Waals surface area contributed by atoms with E-state index in [1.807, 2.05) is 13.8 Å². The molecule has 0 saturated heterocycles. The predicted octanol–water partition coefficient (Wildman–Crippen LogP) is 3.86. The van der Waals surface area contributed by atoms with Crippen molar-refractivity contribution in [3.05, 3.63) is 48.3 Å². The standard InChI is InChI=1S/C18H20N4O3.CH4/c1-5-7-14(20-11(3)6-2)17(23)21-16-8-12-10-19-22-15(12)9-13(16)18(24)25-4;/h5,7-10H,1,6H2,2-4H3,(H,19,22)(H,21,23);1H4/b14-7-,20-11?;. The molecular formula is C19H24N4O3. The third kappa shape index (κ3) is 4.66. The van der Waals surface area contributed by atoms with E-state index >= 15 is 0 Å². The lowest BCUT2D eigenvalue weighted by Crippen LogP contribution is -2.17. The number of hydrogen-bond acceptors (Lipinski definition) is 5. The minimum Gasteiger partial charge on any atom is -0.465 e. The summed E-state index contributed by atoms with van der Waals surface area (Å²) >= 11 is 0. The van der Waals surface area contributed by atoms with Gasteiger partial charge in [-0.3, -0.25) is 14.9 Å². The first-order valence-corrected chi connectivity index (χ1v) is 7.73. The molecule has 0 atom stereocenters. The number of aromatic amines is 1. The maximum atomic E-state index is 12.6. The number of benzene rings is 1. The fourth-order valence-corrected chi connectivity index (χ4v) is 2.12. The van der Waals surface area contributed by atoms with Crippen molar-refractivity contribution in [1.82, 2.24) is 10.2 Å². The summed E-state index contributed by atoms with van der Waals surface area (Å²) in [5.74, 6) is -1.00. The Kier molecular flexibility index (Phi) is 7.46. The summed E-state index contributed by atoms with van der Waals surface area (Å²) in [6.45, 7) is 7.39. The van der Waals surface area contributed by atoms with Gasteiger partial charge in [0.15, 0.2) is 0 Å². The number of H-pyrrole nitrogens is 1. The van der Waals surface area contributed by atoms with E-state index in [2.05, 4.69) is 27.1 Å². The van der Waals surface area contributed by atoms with E-state index in [1.54, 1.807) is 18.3 Å². The van der Waals surface area contributed by atoms with Crippen LogP contribution < -0.4 is 5.32 Å². The molecule has 138 valence electrons. The molecule has 0 aliphatic carbocycles. The van der Waals surface area contributed by atoms with Crippen LogP contribution in [-0.2, 0) is 9.53 Å². The van der Waals surface area contributed by atoms with E-state index in [-0.39, 0.29) is 18.7 Å². The van der Waals surface area contributed by atoms with Gasteiger partial charge in [0, 0.05) is 11.1 Å². The Morgan fingerprint density at radius 2 is 2.15 bits per heavy atom. The number of rotatable bonds is 6. The Morgan fingerprint density at radius 1 is 1.42 bits per heavy atom. The second-order valence-electron chi connectivity index (χ2n) is 5.29. The highest BCUT2D eigenvalue weighted by atomic mass is 16.5. The predicted molar refractivity (Wildman–Crippen MR) is 104 cm³/mol. The highest BCUT2D eigenvalue weighted by Crippen LogP contribution is 2.24. The lowest BCUT2D eigenvalue weighted by molar-refractivity contribution is -0.112. The zero-order valence-corrected chi connectivity index (χ0v) is 14.4. The molecule has 0 aliphatic rings. The van der Waals surface area contributed by atoms with Gasteiger partial charge in [-0.1, -0.05) is 27.0 Å². The molecule has 2 aromatic rings. The number of ether oxygens (including phenoxy) is 1. The van der Waals surface area contributed by atoms with Crippen LogP contribution in [0.5, 0.6) is 0 Å². The zero-order chi connectivity index (χ0) is 18.4. The van der Waals surface area contributed by atoms with E-state index in [0.29, 0.717) is 11.2 Å². The maximum Gasteiger partial charge on any atom is 0.340 e. The average Bonchev–Trinajstić information content (AvgIpc) is 3.07. The summed E-state index contributed by atoms with van der Waals surface area (Å²) in [6, 6.07) is 3.24. The van der Waals surface area contributed by atoms with Crippen molar-refractivity contribution in [2.24, 2.45) is 4.99 Å². The third-order valence-electron chi connectivity index (χ3n) is 3.56. The number of aromatic nitrogens is 2. The van der Waals surface area contributed by atoms with Crippen LogP contribution in [0.25, 0.3) is 10.9 Å². The van der Waals surface area contributed by atoms with Crippen LogP contribution in [0.3, 0.4) is 0 Å². The van der Waals surface area contributed by atoms with Gasteiger partial charge in [0.05, 0.1) is 30.1 Å². The molecule has 1 amide bonds. The highest BCUT2D eigenvalue weighted by Gasteiger charge is 2.18. The first kappa shape index (κ1) is 20.8. The molecule has 0 fully saturated rings. The van der Waals surface area contributed by atoms with Gasteiger partial charge < -0.3 is 10.1 Å². The molecule has 7 nitrogen and oxygen atoms in total. The number of anilines is 1. The number of carbonyl (C=O) groups excluding carboxylic acids is 2. The summed E-state index contributed by atoms with van der Waals surface area (Å²) in [4.78, 5) is 28.9. The van der Waals surface area contributed by atoms with Gasteiger partial charge in [-0.2, -0.15) is 5.10 Å². The van der Waals surface area contributed by atoms with Gasteiger partial charge in [-0.05, 0) is 31.6 Å². The fraction of sp³-hybridized carbons (Fsp3) is 0.263. The summed E-state index contributed by atoms with van der Waals surface area (Å²) in [5.41, 5.74) is 2.23. The maximum absolute atomic E-state index is 12.6. The average molecular weight is 356 g/mol. The molecule has 0 aliphatic heterocycles. The van der Waals surface area contributed by atoms with Crippen LogP contribution in [0.4, 0.5) is 5.69 Å². The first-order valence-electron chi connectivity index (χ1n) is 7.73. The van der Waals surface area contributed by atoms with Crippen molar-refractivity contribution in [1.29, 1.82) is 0 Å². The van der Waals surface area contributed by atoms with E-state index in [9.17, 15) is 9.59 Å². The van der Waals surface area contributed by atoms with Crippen LogP contribution in [0.1, 0.15) is 38.1 Å². The second kappa shape index (κ2) is 9.31. The van der Waals surface area contributed by atoms with Crippen molar-refractivity contribution in [3.8, 4) is 0 Å². The minimum atomic E-state index is -0.561. The van der Waals surface area contributed by atoms with Crippen molar-refractivity contribution in [2.75, 3.05) is 12.4 Å². The summed E-state index contributed by atoms with van der Waals surface area (Å²) in [5, 5.41) is 10.2. The van der Waals surface area contributed by atoms with Crippen molar-refractivity contribution in [3.63, 3.8) is 0 Å². The number of esters is 1. The van der Waals surface area contributed by atoms with Crippen LogP contribution in [-0.4, -0.2) is 34.9 Å².